The zero-order chi connectivity index (χ0) is 18.7. The van der Waals surface area contributed by atoms with Gasteiger partial charge in [0.15, 0.2) is 5.43 Å². The molecule has 0 aliphatic heterocycles. The van der Waals surface area contributed by atoms with Crippen molar-refractivity contribution in [3.63, 3.8) is 0 Å². The Kier molecular flexibility index (Phi) is 5.14. The van der Waals surface area contributed by atoms with Crippen molar-refractivity contribution < 1.29 is 15.0 Å². The number of carbonyl (C=O) groups is 1. The van der Waals surface area contributed by atoms with Gasteiger partial charge in [0, 0.05) is 34.3 Å². The largest absolute Gasteiger partial charge is 0.508 e. The molecule has 3 aromatic rings. The molecule has 0 unspecified atom stereocenters. The maximum Gasteiger partial charge on any atom is 0.341 e. The molecule has 1 aromatic heterocycles. The van der Waals surface area contributed by atoms with E-state index in [1.165, 1.54) is 18.3 Å². The van der Waals surface area contributed by atoms with Crippen molar-refractivity contribution in [1.29, 1.82) is 0 Å². The molecule has 0 amide bonds. The Morgan fingerprint density at radius 3 is 2.50 bits per heavy atom. The third-order valence-electron chi connectivity index (χ3n) is 3.93. The Balaban J connectivity index is 2.08. The minimum absolute atomic E-state index is 0.131. The van der Waals surface area contributed by atoms with Crippen LogP contribution >= 0.6 is 11.8 Å². The van der Waals surface area contributed by atoms with Crippen molar-refractivity contribution in [2.75, 3.05) is 0 Å². The number of carboxylic acids is 1. The number of carboxylic acid groups (broad SMARTS) is 1. The monoisotopic (exact) mass is 367 g/mol. The van der Waals surface area contributed by atoms with Crippen LogP contribution in [0.2, 0.25) is 0 Å². The van der Waals surface area contributed by atoms with Gasteiger partial charge in [-0.15, -0.1) is 11.8 Å². The molecule has 0 atom stereocenters. The number of aromatic nitrogens is 1. The first-order valence-electron chi connectivity index (χ1n) is 7.92. The fourth-order valence-corrected chi connectivity index (χ4v) is 3.54. The summed E-state index contributed by atoms with van der Waals surface area (Å²) in [5.74, 6) is -0.632. The van der Waals surface area contributed by atoms with Crippen LogP contribution in [-0.2, 0) is 5.75 Å². The van der Waals surface area contributed by atoms with Crippen LogP contribution in [0.25, 0.3) is 5.69 Å². The lowest BCUT2D eigenvalue weighted by Crippen LogP contribution is -2.19. The summed E-state index contributed by atoms with van der Waals surface area (Å²) >= 11 is 1.56. The third-order valence-corrected chi connectivity index (χ3v) is 4.98. The van der Waals surface area contributed by atoms with E-state index >= 15 is 0 Å². The molecular formula is C20H17NO4S. The van der Waals surface area contributed by atoms with Crippen LogP contribution < -0.4 is 5.43 Å². The van der Waals surface area contributed by atoms with Crippen LogP contribution in [0.15, 0.2) is 70.5 Å². The molecule has 0 fully saturated rings. The lowest BCUT2D eigenvalue weighted by molar-refractivity contribution is 0.0694. The number of phenols is 1. The van der Waals surface area contributed by atoms with E-state index in [9.17, 15) is 19.8 Å². The van der Waals surface area contributed by atoms with Gasteiger partial charge in [-0.3, -0.25) is 4.79 Å². The average molecular weight is 367 g/mol. The number of thioether (sulfide) groups is 1. The van der Waals surface area contributed by atoms with Gasteiger partial charge in [0.2, 0.25) is 0 Å². The Hall–Kier alpha value is -2.99. The quantitative estimate of drug-likeness (QED) is 0.670. The van der Waals surface area contributed by atoms with Gasteiger partial charge in [0.1, 0.15) is 11.3 Å². The number of phenolic OH excluding ortho intramolecular Hbond substituents is 1. The molecule has 2 N–H and O–H groups in total. The Bertz CT molecular complexity index is 1010. The minimum atomic E-state index is -1.26. The van der Waals surface area contributed by atoms with E-state index < -0.39 is 11.4 Å². The van der Waals surface area contributed by atoms with Crippen molar-refractivity contribution in [2.24, 2.45) is 0 Å². The van der Waals surface area contributed by atoms with Crippen LogP contribution in [0, 0.1) is 6.92 Å². The number of rotatable bonds is 5. The van der Waals surface area contributed by atoms with Crippen LogP contribution in [0.5, 0.6) is 5.75 Å². The van der Waals surface area contributed by atoms with Gasteiger partial charge in [0.05, 0.1) is 0 Å². The van der Waals surface area contributed by atoms with E-state index in [1.807, 2.05) is 37.3 Å². The fraction of sp³-hybridized carbons (Fsp3) is 0.100. The number of hydrogen-bond acceptors (Lipinski definition) is 4. The summed E-state index contributed by atoms with van der Waals surface area (Å²) in [6.07, 6.45) is 1.35. The normalized spacial score (nSPS) is 10.7. The number of pyridine rings is 1. The predicted molar refractivity (Wildman–Crippen MR) is 101 cm³/mol. The summed E-state index contributed by atoms with van der Waals surface area (Å²) in [5.41, 5.74) is 1.37. The predicted octanol–water partition coefficient (Wildman–Crippen LogP) is 3.84. The second kappa shape index (κ2) is 7.49. The lowest BCUT2D eigenvalue weighted by atomic mass is 10.1. The van der Waals surface area contributed by atoms with E-state index in [2.05, 4.69) is 0 Å². The molecular weight excluding hydrogens is 350 g/mol. The summed E-state index contributed by atoms with van der Waals surface area (Å²) in [7, 11) is 0. The van der Waals surface area contributed by atoms with Gasteiger partial charge in [-0.25, -0.2) is 4.79 Å². The molecule has 0 spiro atoms. The van der Waals surface area contributed by atoms with Gasteiger partial charge in [-0.2, -0.15) is 0 Å². The zero-order valence-electron chi connectivity index (χ0n) is 14.0. The standard InChI is InChI=1S/C20H17NO4S/c1-13-9-15(22)7-8-18(13)21-11-17(20(24)25)19(23)10-14(21)12-26-16-5-3-2-4-6-16/h2-11,22H,12H2,1H3,(H,24,25). The van der Waals surface area contributed by atoms with Gasteiger partial charge in [-0.05, 0) is 42.8 Å². The summed E-state index contributed by atoms with van der Waals surface area (Å²) in [6.45, 7) is 1.82. The second-order valence-corrected chi connectivity index (χ2v) is 6.84. The van der Waals surface area contributed by atoms with Gasteiger partial charge < -0.3 is 14.8 Å². The molecule has 0 saturated heterocycles. The first kappa shape index (κ1) is 17.8. The molecule has 1 heterocycles. The van der Waals surface area contributed by atoms with E-state index in [0.717, 1.165) is 10.5 Å². The average Bonchev–Trinajstić information content (AvgIpc) is 2.61. The van der Waals surface area contributed by atoms with Crippen molar-refractivity contribution in [3.8, 4) is 11.4 Å². The molecule has 0 radical (unpaired) electrons. The zero-order valence-corrected chi connectivity index (χ0v) is 14.9. The molecule has 0 saturated carbocycles. The van der Waals surface area contributed by atoms with E-state index in [1.54, 1.807) is 28.5 Å². The van der Waals surface area contributed by atoms with E-state index in [-0.39, 0.29) is 11.3 Å². The molecule has 2 aromatic carbocycles. The van der Waals surface area contributed by atoms with Crippen molar-refractivity contribution in [3.05, 3.63) is 87.8 Å². The maximum atomic E-state index is 12.2. The Labute approximate surface area is 154 Å². The lowest BCUT2D eigenvalue weighted by Gasteiger charge is -2.16. The van der Waals surface area contributed by atoms with Gasteiger partial charge in [0.25, 0.3) is 0 Å². The highest BCUT2D eigenvalue weighted by atomic mass is 32.2. The van der Waals surface area contributed by atoms with E-state index in [0.29, 0.717) is 17.1 Å². The fourth-order valence-electron chi connectivity index (χ4n) is 2.65. The molecule has 0 aliphatic carbocycles. The molecule has 3 rings (SSSR count). The first-order valence-corrected chi connectivity index (χ1v) is 8.91. The summed E-state index contributed by atoms with van der Waals surface area (Å²) < 4.78 is 1.70. The van der Waals surface area contributed by atoms with Crippen LogP contribution in [-0.4, -0.2) is 20.7 Å². The number of nitrogens with zero attached hydrogens (tertiary/aromatic N) is 1. The molecule has 26 heavy (non-hydrogen) atoms. The topological polar surface area (TPSA) is 79.5 Å². The molecule has 5 nitrogen and oxygen atoms in total. The van der Waals surface area contributed by atoms with Crippen molar-refractivity contribution in [2.45, 2.75) is 17.6 Å². The summed E-state index contributed by atoms with van der Waals surface area (Å²) in [4.78, 5) is 24.6. The number of benzene rings is 2. The SMILES string of the molecule is Cc1cc(O)ccc1-n1cc(C(=O)O)c(=O)cc1CSc1ccccc1. The molecule has 0 bridgehead atoms. The van der Waals surface area contributed by atoms with Crippen molar-refractivity contribution in [1.82, 2.24) is 4.57 Å². The van der Waals surface area contributed by atoms with Crippen LogP contribution in [0.3, 0.4) is 0 Å². The summed E-state index contributed by atoms with van der Waals surface area (Å²) in [6, 6.07) is 16.0. The Morgan fingerprint density at radius 1 is 1.12 bits per heavy atom. The number of aryl methyl sites for hydroxylation is 1. The highest BCUT2D eigenvalue weighted by molar-refractivity contribution is 7.98. The smallest absolute Gasteiger partial charge is 0.341 e. The van der Waals surface area contributed by atoms with Gasteiger partial charge >= 0.3 is 5.97 Å². The number of hydrogen-bond donors (Lipinski definition) is 2. The minimum Gasteiger partial charge on any atom is -0.508 e. The highest BCUT2D eigenvalue weighted by Crippen LogP contribution is 2.26. The number of aromatic hydroxyl groups is 1. The van der Waals surface area contributed by atoms with Gasteiger partial charge in [-0.1, -0.05) is 18.2 Å². The summed E-state index contributed by atoms with van der Waals surface area (Å²) in [5, 5.41) is 18.9. The van der Waals surface area contributed by atoms with E-state index in [4.69, 9.17) is 0 Å². The molecule has 6 heteroatoms. The third kappa shape index (κ3) is 3.81. The van der Waals surface area contributed by atoms with Crippen LogP contribution in [0.1, 0.15) is 21.6 Å². The number of aromatic carboxylic acids is 1. The maximum absolute atomic E-state index is 12.2. The van der Waals surface area contributed by atoms with Crippen LogP contribution in [0.4, 0.5) is 0 Å². The highest BCUT2D eigenvalue weighted by Gasteiger charge is 2.15. The first-order chi connectivity index (χ1) is 12.5. The Morgan fingerprint density at radius 2 is 1.85 bits per heavy atom. The molecule has 132 valence electrons. The van der Waals surface area contributed by atoms with Crippen molar-refractivity contribution >= 4 is 17.7 Å². The second-order valence-electron chi connectivity index (χ2n) is 5.79. The molecule has 0 aliphatic rings.